The van der Waals surface area contributed by atoms with Gasteiger partial charge in [-0.1, -0.05) is 30.3 Å². The average molecular weight is 403 g/mol. The normalized spacial score (nSPS) is 11.7. The van der Waals surface area contributed by atoms with Crippen molar-refractivity contribution in [2.75, 3.05) is 0 Å². The van der Waals surface area contributed by atoms with Crippen molar-refractivity contribution in [3.8, 4) is 5.69 Å². The summed E-state index contributed by atoms with van der Waals surface area (Å²) in [5.74, 6) is -0.343. The molecule has 0 spiro atoms. The molecule has 2 heterocycles. The Kier molecular flexibility index (Phi) is 5.29. The predicted octanol–water partition coefficient (Wildman–Crippen LogP) is 2.54. The number of aromatic nitrogens is 5. The third kappa shape index (κ3) is 4.22. The van der Waals surface area contributed by atoms with Crippen molar-refractivity contribution in [2.24, 2.45) is 0 Å². The van der Waals surface area contributed by atoms with E-state index in [4.69, 9.17) is 0 Å². The second-order valence-electron chi connectivity index (χ2n) is 6.47. The topological polar surface area (TPSA) is 121 Å². The van der Waals surface area contributed by atoms with Crippen LogP contribution in [0, 0.1) is 10.1 Å². The Morgan fingerprint density at radius 1 is 1.10 bits per heavy atom. The van der Waals surface area contributed by atoms with E-state index in [1.807, 2.05) is 30.3 Å². The SMILES string of the molecule is O=C(NC(Cn1cncn1)c1ccccc1)c1ccn(-c2ccc([N+](=O)[O-])cc2)n1. The number of carbonyl (C=O) groups is 1. The van der Waals surface area contributed by atoms with Crippen LogP contribution in [0.15, 0.2) is 79.5 Å². The van der Waals surface area contributed by atoms with Crippen LogP contribution in [0.1, 0.15) is 22.1 Å². The van der Waals surface area contributed by atoms with Crippen LogP contribution in [-0.4, -0.2) is 35.4 Å². The molecular formula is C20H17N7O3. The van der Waals surface area contributed by atoms with Gasteiger partial charge in [0.25, 0.3) is 11.6 Å². The monoisotopic (exact) mass is 403 g/mol. The first-order valence-electron chi connectivity index (χ1n) is 9.09. The number of rotatable bonds is 7. The van der Waals surface area contributed by atoms with E-state index in [0.29, 0.717) is 12.2 Å². The van der Waals surface area contributed by atoms with Gasteiger partial charge in [0, 0.05) is 18.3 Å². The van der Waals surface area contributed by atoms with Crippen molar-refractivity contribution in [3.63, 3.8) is 0 Å². The van der Waals surface area contributed by atoms with Crippen molar-refractivity contribution in [1.82, 2.24) is 29.9 Å². The highest BCUT2D eigenvalue weighted by Gasteiger charge is 2.19. The van der Waals surface area contributed by atoms with E-state index in [1.54, 1.807) is 35.4 Å². The minimum atomic E-state index is -0.468. The Bertz CT molecular complexity index is 1140. The fourth-order valence-corrected chi connectivity index (χ4v) is 2.98. The molecule has 4 rings (SSSR count). The lowest BCUT2D eigenvalue weighted by Gasteiger charge is -2.18. The molecule has 0 aliphatic rings. The molecule has 150 valence electrons. The second kappa shape index (κ2) is 8.35. The molecule has 0 radical (unpaired) electrons. The largest absolute Gasteiger partial charge is 0.342 e. The zero-order chi connectivity index (χ0) is 20.9. The molecule has 1 unspecified atom stereocenters. The smallest absolute Gasteiger partial charge is 0.272 e. The first kappa shape index (κ1) is 19.0. The van der Waals surface area contributed by atoms with E-state index >= 15 is 0 Å². The van der Waals surface area contributed by atoms with Crippen molar-refractivity contribution >= 4 is 11.6 Å². The molecule has 1 amide bonds. The van der Waals surface area contributed by atoms with Gasteiger partial charge in [0.15, 0.2) is 5.69 Å². The second-order valence-corrected chi connectivity index (χ2v) is 6.47. The van der Waals surface area contributed by atoms with Gasteiger partial charge in [-0.25, -0.2) is 9.67 Å². The molecule has 10 heteroatoms. The quantitative estimate of drug-likeness (QED) is 0.374. The Balaban J connectivity index is 1.52. The Hall–Kier alpha value is -4.34. The highest BCUT2D eigenvalue weighted by molar-refractivity contribution is 5.92. The molecule has 0 bridgehead atoms. The van der Waals surface area contributed by atoms with Crippen LogP contribution in [0.5, 0.6) is 0 Å². The first-order chi connectivity index (χ1) is 14.6. The third-order valence-corrected chi connectivity index (χ3v) is 4.49. The van der Waals surface area contributed by atoms with Crippen LogP contribution >= 0.6 is 0 Å². The summed E-state index contributed by atoms with van der Waals surface area (Å²) in [5, 5.41) is 22.2. The Morgan fingerprint density at radius 2 is 1.87 bits per heavy atom. The molecule has 4 aromatic rings. The van der Waals surface area contributed by atoms with Gasteiger partial charge in [0.05, 0.1) is 23.2 Å². The molecule has 2 aromatic carbocycles. The summed E-state index contributed by atoms with van der Waals surface area (Å²) >= 11 is 0. The van der Waals surface area contributed by atoms with Crippen LogP contribution in [-0.2, 0) is 6.54 Å². The minimum absolute atomic E-state index is 0.0114. The summed E-state index contributed by atoms with van der Waals surface area (Å²) in [4.78, 5) is 27.1. The number of hydrogen-bond acceptors (Lipinski definition) is 6. The maximum atomic E-state index is 12.8. The summed E-state index contributed by atoms with van der Waals surface area (Å²) in [7, 11) is 0. The summed E-state index contributed by atoms with van der Waals surface area (Å²) < 4.78 is 3.14. The van der Waals surface area contributed by atoms with Crippen LogP contribution < -0.4 is 5.32 Å². The van der Waals surface area contributed by atoms with E-state index < -0.39 is 4.92 Å². The number of nitro groups is 1. The van der Waals surface area contributed by atoms with Gasteiger partial charge in [-0.15, -0.1) is 0 Å². The average Bonchev–Trinajstić information content (AvgIpc) is 3.46. The van der Waals surface area contributed by atoms with Gasteiger partial charge >= 0.3 is 0 Å². The molecule has 1 N–H and O–H groups in total. The molecule has 10 nitrogen and oxygen atoms in total. The number of benzene rings is 2. The van der Waals surface area contributed by atoms with Crippen LogP contribution in [0.3, 0.4) is 0 Å². The molecule has 0 saturated carbocycles. The standard InChI is InChI=1S/C20H17N7O3/c28-20(18-10-11-26(24-18)16-6-8-17(9-7-16)27(29)30)23-19(12-25-14-21-13-22-25)15-4-2-1-3-5-15/h1-11,13-14,19H,12H2,(H,23,28). The molecule has 0 saturated heterocycles. The lowest BCUT2D eigenvalue weighted by molar-refractivity contribution is -0.384. The number of amides is 1. The van der Waals surface area contributed by atoms with E-state index in [-0.39, 0.29) is 23.3 Å². The summed E-state index contributed by atoms with van der Waals surface area (Å²) in [6.07, 6.45) is 4.66. The molecule has 1 atom stereocenters. The van der Waals surface area contributed by atoms with Gasteiger partial charge in [0.1, 0.15) is 12.7 Å². The van der Waals surface area contributed by atoms with Gasteiger partial charge in [-0.05, 0) is 23.8 Å². The zero-order valence-corrected chi connectivity index (χ0v) is 15.7. The number of nitro benzene ring substituents is 1. The molecule has 2 aromatic heterocycles. The van der Waals surface area contributed by atoms with Crippen molar-refractivity contribution < 1.29 is 9.72 Å². The molecule has 0 fully saturated rings. The van der Waals surface area contributed by atoms with E-state index in [2.05, 4.69) is 20.5 Å². The van der Waals surface area contributed by atoms with Crippen molar-refractivity contribution in [3.05, 3.63) is 101 Å². The van der Waals surface area contributed by atoms with Gasteiger partial charge in [-0.3, -0.25) is 19.6 Å². The van der Waals surface area contributed by atoms with E-state index in [0.717, 1.165) is 5.56 Å². The molecule has 0 aliphatic carbocycles. The molecule has 30 heavy (non-hydrogen) atoms. The van der Waals surface area contributed by atoms with Crippen LogP contribution in [0.25, 0.3) is 5.69 Å². The highest BCUT2D eigenvalue weighted by Crippen LogP contribution is 2.17. The first-order valence-corrected chi connectivity index (χ1v) is 9.09. The van der Waals surface area contributed by atoms with Crippen LogP contribution in [0.4, 0.5) is 5.69 Å². The third-order valence-electron chi connectivity index (χ3n) is 4.49. The lowest BCUT2D eigenvalue weighted by atomic mass is 10.1. The van der Waals surface area contributed by atoms with Gasteiger partial charge in [-0.2, -0.15) is 10.2 Å². The fourth-order valence-electron chi connectivity index (χ4n) is 2.98. The number of nitrogens with one attached hydrogen (secondary N) is 1. The van der Waals surface area contributed by atoms with E-state index in [1.165, 1.54) is 23.1 Å². The van der Waals surface area contributed by atoms with Gasteiger partial charge < -0.3 is 5.32 Å². The number of non-ortho nitro benzene ring substituents is 1. The highest BCUT2D eigenvalue weighted by atomic mass is 16.6. The maximum absolute atomic E-state index is 12.8. The van der Waals surface area contributed by atoms with Crippen molar-refractivity contribution in [2.45, 2.75) is 12.6 Å². The van der Waals surface area contributed by atoms with Crippen molar-refractivity contribution in [1.29, 1.82) is 0 Å². The van der Waals surface area contributed by atoms with E-state index in [9.17, 15) is 14.9 Å². The zero-order valence-electron chi connectivity index (χ0n) is 15.7. The van der Waals surface area contributed by atoms with Crippen LogP contribution in [0.2, 0.25) is 0 Å². The number of hydrogen-bond donors (Lipinski definition) is 1. The summed E-state index contributed by atoms with van der Waals surface area (Å²) in [6.45, 7) is 0.415. The minimum Gasteiger partial charge on any atom is -0.342 e. The maximum Gasteiger partial charge on any atom is 0.272 e. The lowest BCUT2D eigenvalue weighted by Crippen LogP contribution is -2.32. The van der Waals surface area contributed by atoms with Gasteiger partial charge in [0.2, 0.25) is 0 Å². The fraction of sp³-hybridized carbons (Fsp3) is 0.100. The summed E-state index contributed by atoms with van der Waals surface area (Å²) in [5.41, 5.74) is 1.76. The molecule has 0 aliphatic heterocycles. The molecular weight excluding hydrogens is 386 g/mol. The predicted molar refractivity (Wildman–Crippen MR) is 107 cm³/mol. The number of carbonyl (C=O) groups excluding carboxylic acids is 1. The summed E-state index contributed by atoms with van der Waals surface area (Å²) in [6, 6.07) is 16.8. The Labute approximate surface area is 170 Å². The number of nitrogens with zero attached hydrogens (tertiary/aromatic N) is 6. The Morgan fingerprint density at radius 3 is 2.53 bits per heavy atom.